The van der Waals surface area contributed by atoms with Crippen molar-refractivity contribution in [1.29, 1.82) is 0 Å². The van der Waals surface area contributed by atoms with Crippen LogP contribution in [-0.2, 0) is 0 Å². The molecule has 1 fully saturated rings. The van der Waals surface area contributed by atoms with E-state index < -0.39 is 0 Å². The molecule has 2 N–H and O–H groups in total. The van der Waals surface area contributed by atoms with Gasteiger partial charge in [0, 0.05) is 38.8 Å². The summed E-state index contributed by atoms with van der Waals surface area (Å²) in [5, 5.41) is 13.2. The van der Waals surface area contributed by atoms with Crippen LogP contribution in [0.25, 0.3) is 0 Å². The van der Waals surface area contributed by atoms with Gasteiger partial charge in [-0.05, 0) is 26.4 Å². The molecule has 1 saturated heterocycles. The fraction of sp³-hybridized carbons (Fsp3) is 1.00. The summed E-state index contributed by atoms with van der Waals surface area (Å²) in [6, 6.07) is 0.615. The maximum atomic E-state index is 9.92. The number of hydrogen-bond acceptors (Lipinski definition) is 4. The summed E-state index contributed by atoms with van der Waals surface area (Å²) in [6.45, 7) is 13.6. The molecular weight excluding hydrogens is 214 g/mol. The van der Waals surface area contributed by atoms with Crippen LogP contribution in [0.1, 0.15) is 27.2 Å². The molecule has 1 heterocycles. The Labute approximate surface area is 106 Å². The van der Waals surface area contributed by atoms with Crippen LogP contribution in [0.5, 0.6) is 0 Å². The summed E-state index contributed by atoms with van der Waals surface area (Å²) in [6.07, 6.45) is 0.890. The molecule has 0 radical (unpaired) electrons. The van der Waals surface area contributed by atoms with Crippen molar-refractivity contribution in [3.63, 3.8) is 0 Å². The molecule has 0 spiro atoms. The summed E-state index contributed by atoms with van der Waals surface area (Å²) in [5.41, 5.74) is 0. The highest BCUT2D eigenvalue weighted by Crippen LogP contribution is 2.09. The predicted octanol–water partition coefficient (Wildman–Crippen LogP) is 0.373. The zero-order valence-corrected chi connectivity index (χ0v) is 11.7. The van der Waals surface area contributed by atoms with E-state index in [0.717, 1.165) is 52.2 Å². The average Bonchev–Trinajstić information content (AvgIpc) is 2.29. The fourth-order valence-corrected chi connectivity index (χ4v) is 2.51. The second-order valence-electron chi connectivity index (χ2n) is 5.10. The van der Waals surface area contributed by atoms with Crippen LogP contribution in [0, 0.1) is 0 Å². The van der Waals surface area contributed by atoms with Gasteiger partial charge in [-0.15, -0.1) is 0 Å². The van der Waals surface area contributed by atoms with E-state index in [9.17, 15) is 5.11 Å². The monoisotopic (exact) mass is 243 g/mol. The first kappa shape index (κ1) is 14.9. The molecule has 1 rings (SSSR count). The van der Waals surface area contributed by atoms with E-state index in [1.165, 1.54) is 0 Å². The van der Waals surface area contributed by atoms with Gasteiger partial charge in [0.25, 0.3) is 0 Å². The molecule has 0 aromatic rings. The highest BCUT2D eigenvalue weighted by Gasteiger charge is 2.23. The quantitative estimate of drug-likeness (QED) is 0.634. The van der Waals surface area contributed by atoms with Gasteiger partial charge in [0.15, 0.2) is 0 Å². The molecule has 0 amide bonds. The SMILES string of the molecule is CCCNCC(O)CN1CCN(CC)C(C)C1. The number of rotatable bonds is 7. The second-order valence-corrected chi connectivity index (χ2v) is 5.10. The van der Waals surface area contributed by atoms with Crippen LogP contribution in [-0.4, -0.2) is 72.9 Å². The van der Waals surface area contributed by atoms with Gasteiger partial charge in [-0.25, -0.2) is 0 Å². The number of hydrogen-bond donors (Lipinski definition) is 2. The molecule has 1 aliphatic heterocycles. The number of aliphatic hydroxyl groups is 1. The van der Waals surface area contributed by atoms with E-state index in [-0.39, 0.29) is 6.10 Å². The van der Waals surface area contributed by atoms with Crippen LogP contribution in [0.15, 0.2) is 0 Å². The van der Waals surface area contributed by atoms with Crippen molar-refractivity contribution in [3.8, 4) is 0 Å². The van der Waals surface area contributed by atoms with E-state index in [2.05, 4.69) is 35.9 Å². The predicted molar refractivity (Wildman–Crippen MR) is 72.3 cm³/mol. The Kier molecular flexibility index (Phi) is 7.04. The molecular formula is C13H29N3O. The van der Waals surface area contributed by atoms with Crippen molar-refractivity contribution in [2.75, 3.05) is 45.8 Å². The van der Waals surface area contributed by atoms with Crippen LogP contribution < -0.4 is 5.32 Å². The summed E-state index contributed by atoms with van der Waals surface area (Å²) < 4.78 is 0. The summed E-state index contributed by atoms with van der Waals surface area (Å²) in [4.78, 5) is 4.88. The lowest BCUT2D eigenvalue weighted by molar-refractivity contribution is 0.0483. The first-order valence-electron chi connectivity index (χ1n) is 7.02. The molecule has 17 heavy (non-hydrogen) atoms. The van der Waals surface area contributed by atoms with Crippen molar-refractivity contribution in [2.24, 2.45) is 0 Å². The number of β-amino-alcohol motifs (C(OH)–C–C–N with tert-alkyl or cyclic N) is 1. The Balaban J connectivity index is 2.19. The van der Waals surface area contributed by atoms with Crippen LogP contribution in [0.3, 0.4) is 0 Å². The molecule has 0 saturated carbocycles. The summed E-state index contributed by atoms with van der Waals surface area (Å²) in [5.74, 6) is 0. The lowest BCUT2D eigenvalue weighted by atomic mass is 10.1. The minimum atomic E-state index is -0.234. The molecule has 4 nitrogen and oxygen atoms in total. The summed E-state index contributed by atoms with van der Waals surface area (Å²) in [7, 11) is 0. The lowest BCUT2D eigenvalue weighted by Crippen LogP contribution is -2.53. The van der Waals surface area contributed by atoms with Crippen LogP contribution >= 0.6 is 0 Å². The van der Waals surface area contributed by atoms with Crippen molar-refractivity contribution in [2.45, 2.75) is 39.3 Å². The van der Waals surface area contributed by atoms with Crippen molar-refractivity contribution in [1.82, 2.24) is 15.1 Å². The number of likely N-dealkylation sites (N-methyl/N-ethyl adjacent to an activating group) is 1. The van der Waals surface area contributed by atoms with Crippen molar-refractivity contribution < 1.29 is 5.11 Å². The minimum absolute atomic E-state index is 0.234. The number of aliphatic hydroxyl groups excluding tert-OH is 1. The maximum absolute atomic E-state index is 9.92. The zero-order chi connectivity index (χ0) is 12.7. The molecule has 102 valence electrons. The lowest BCUT2D eigenvalue weighted by Gasteiger charge is -2.40. The van der Waals surface area contributed by atoms with Gasteiger partial charge in [0.05, 0.1) is 6.10 Å². The zero-order valence-electron chi connectivity index (χ0n) is 11.7. The van der Waals surface area contributed by atoms with Gasteiger partial charge in [0.2, 0.25) is 0 Å². The Morgan fingerprint density at radius 1 is 1.35 bits per heavy atom. The first-order valence-corrected chi connectivity index (χ1v) is 7.02. The highest BCUT2D eigenvalue weighted by atomic mass is 16.3. The third-order valence-corrected chi connectivity index (χ3v) is 3.53. The molecule has 0 bridgehead atoms. The van der Waals surface area contributed by atoms with Gasteiger partial charge in [-0.1, -0.05) is 13.8 Å². The van der Waals surface area contributed by atoms with E-state index in [1.807, 2.05) is 0 Å². The Morgan fingerprint density at radius 3 is 2.71 bits per heavy atom. The van der Waals surface area contributed by atoms with Crippen molar-refractivity contribution in [3.05, 3.63) is 0 Å². The van der Waals surface area contributed by atoms with E-state index in [1.54, 1.807) is 0 Å². The highest BCUT2D eigenvalue weighted by molar-refractivity contribution is 4.80. The third kappa shape index (κ3) is 5.34. The van der Waals surface area contributed by atoms with E-state index in [0.29, 0.717) is 6.04 Å². The van der Waals surface area contributed by atoms with E-state index in [4.69, 9.17) is 0 Å². The Hall–Kier alpha value is -0.160. The smallest absolute Gasteiger partial charge is 0.0791 e. The first-order chi connectivity index (χ1) is 8.17. The van der Waals surface area contributed by atoms with Crippen molar-refractivity contribution >= 4 is 0 Å². The maximum Gasteiger partial charge on any atom is 0.0791 e. The third-order valence-electron chi connectivity index (χ3n) is 3.53. The molecule has 0 aromatic heterocycles. The molecule has 1 aliphatic rings. The Morgan fingerprint density at radius 2 is 2.12 bits per heavy atom. The molecule has 2 atom stereocenters. The standard InChI is InChI=1S/C13H29N3O/c1-4-6-14-9-13(17)11-15-7-8-16(5-2)12(3)10-15/h12-14,17H,4-11H2,1-3H3. The van der Waals surface area contributed by atoms with E-state index >= 15 is 0 Å². The average molecular weight is 243 g/mol. The largest absolute Gasteiger partial charge is 0.390 e. The van der Waals surface area contributed by atoms with Gasteiger partial charge in [0.1, 0.15) is 0 Å². The number of nitrogens with one attached hydrogen (secondary N) is 1. The molecule has 0 aromatic carbocycles. The van der Waals surface area contributed by atoms with Crippen LogP contribution in [0.2, 0.25) is 0 Å². The minimum Gasteiger partial charge on any atom is -0.390 e. The Bertz CT molecular complexity index is 201. The fourth-order valence-electron chi connectivity index (χ4n) is 2.51. The van der Waals surface area contributed by atoms with Crippen LogP contribution in [0.4, 0.5) is 0 Å². The number of piperazine rings is 1. The second kappa shape index (κ2) is 8.03. The van der Waals surface area contributed by atoms with Gasteiger partial charge in [-0.3, -0.25) is 9.80 Å². The van der Waals surface area contributed by atoms with Gasteiger partial charge >= 0.3 is 0 Å². The normalized spacial score (nSPS) is 25.1. The molecule has 0 aliphatic carbocycles. The molecule has 2 unspecified atom stereocenters. The topological polar surface area (TPSA) is 38.7 Å². The number of nitrogens with zero attached hydrogens (tertiary/aromatic N) is 2. The summed E-state index contributed by atoms with van der Waals surface area (Å²) >= 11 is 0. The van der Waals surface area contributed by atoms with Gasteiger partial charge in [-0.2, -0.15) is 0 Å². The van der Waals surface area contributed by atoms with Gasteiger partial charge < -0.3 is 10.4 Å². The molecule has 4 heteroatoms.